The second-order valence-electron chi connectivity index (χ2n) is 6.51. The van der Waals surface area contributed by atoms with Gasteiger partial charge in [-0.25, -0.2) is 0 Å². The molecule has 1 aromatic heterocycles. The van der Waals surface area contributed by atoms with Crippen LogP contribution in [-0.4, -0.2) is 10.8 Å². The smallest absolute Gasteiger partial charge is 0.195 e. The van der Waals surface area contributed by atoms with E-state index in [2.05, 4.69) is 33.1 Å². The Labute approximate surface area is 185 Å². The molecule has 0 radical (unpaired) electrons. The minimum atomic E-state index is 0.0194. The number of rotatable bonds is 4. The van der Waals surface area contributed by atoms with Gasteiger partial charge in [-0.1, -0.05) is 96.0 Å². The minimum Gasteiger partial charge on any atom is -0.354 e. The predicted molar refractivity (Wildman–Crippen MR) is 127 cm³/mol. The van der Waals surface area contributed by atoms with Gasteiger partial charge < -0.3 is 4.98 Å². The lowest BCUT2D eigenvalue weighted by molar-refractivity contribution is 0.104. The van der Waals surface area contributed by atoms with Gasteiger partial charge in [0.2, 0.25) is 0 Å². The van der Waals surface area contributed by atoms with E-state index >= 15 is 0 Å². The Morgan fingerprint density at radius 3 is 2.62 bits per heavy atom. The van der Waals surface area contributed by atoms with Crippen LogP contribution in [0.15, 0.2) is 82.3 Å². The Morgan fingerprint density at radius 1 is 1.17 bits per heavy atom. The molecule has 0 spiro atoms. The number of aromatic amines is 1. The van der Waals surface area contributed by atoms with Crippen molar-refractivity contribution in [3.63, 3.8) is 0 Å². The van der Waals surface area contributed by atoms with Crippen molar-refractivity contribution in [2.75, 3.05) is 0 Å². The van der Waals surface area contributed by atoms with Crippen molar-refractivity contribution >= 4 is 50.3 Å². The molecule has 2 nitrogen and oxygen atoms in total. The highest BCUT2D eigenvalue weighted by atomic mass is 79.9. The molecule has 1 N–H and O–H groups in total. The lowest BCUT2D eigenvalue weighted by Gasteiger charge is -2.09. The first-order valence-electron chi connectivity index (χ1n) is 9.75. The summed E-state index contributed by atoms with van der Waals surface area (Å²) in [6.07, 6.45) is 11.0. The van der Waals surface area contributed by atoms with Gasteiger partial charge in [0, 0.05) is 26.0 Å². The third kappa shape index (κ3) is 4.98. The van der Waals surface area contributed by atoms with Crippen LogP contribution in [0, 0.1) is 5.92 Å². The van der Waals surface area contributed by atoms with Crippen molar-refractivity contribution in [1.29, 1.82) is 0 Å². The molecule has 1 aliphatic rings. The van der Waals surface area contributed by atoms with Crippen LogP contribution in [-0.2, 0) is 0 Å². The Hall–Kier alpha value is -2.36. The van der Waals surface area contributed by atoms with Crippen LogP contribution in [0.1, 0.15) is 41.9 Å². The molecule has 4 heteroatoms. The molecule has 0 fully saturated rings. The number of fused-ring (bicyclic) bond motifs is 1. The zero-order chi connectivity index (χ0) is 20.8. The number of ketones is 1. The van der Waals surface area contributed by atoms with Crippen molar-refractivity contribution < 1.29 is 4.79 Å². The third-order valence-corrected chi connectivity index (χ3v) is 5.42. The normalized spacial score (nSPS) is 15.9. The summed E-state index contributed by atoms with van der Waals surface area (Å²) >= 11 is 9.50. The van der Waals surface area contributed by atoms with E-state index in [9.17, 15) is 4.79 Å². The minimum absolute atomic E-state index is 0.0194. The van der Waals surface area contributed by atoms with Crippen molar-refractivity contribution in [1.82, 2.24) is 4.98 Å². The summed E-state index contributed by atoms with van der Waals surface area (Å²) in [6.45, 7) is 4.00. The van der Waals surface area contributed by atoms with E-state index in [1.54, 1.807) is 0 Å². The molecular formula is C25H23BrClNO. The van der Waals surface area contributed by atoms with E-state index in [1.807, 2.05) is 80.6 Å². The van der Waals surface area contributed by atoms with Crippen LogP contribution in [0.5, 0.6) is 0 Å². The average molecular weight is 469 g/mol. The van der Waals surface area contributed by atoms with Crippen LogP contribution in [0.4, 0.5) is 0 Å². The summed E-state index contributed by atoms with van der Waals surface area (Å²) in [5.41, 5.74) is 3.15. The number of allylic oxidation sites excluding steroid dienone is 5. The summed E-state index contributed by atoms with van der Waals surface area (Å²) in [7, 11) is 0. The zero-order valence-electron chi connectivity index (χ0n) is 16.5. The number of hydrogen-bond donors (Lipinski definition) is 1. The van der Waals surface area contributed by atoms with E-state index in [4.69, 9.17) is 11.6 Å². The molecule has 1 unspecified atom stereocenters. The molecule has 3 aromatic rings. The van der Waals surface area contributed by atoms with E-state index in [0.717, 1.165) is 32.5 Å². The Kier molecular flexibility index (Phi) is 7.29. The molecule has 1 aliphatic carbocycles. The number of nitrogens with one attached hydrogen (secondary N) is 1. The van der Waals surface area contributed by atoms with E-state index in [1.165, 1.54) is 0 Å². The molecule has 1 atom stereocenters. The highest BCUT2D eigenvalue weighted by Crippen LogP contribution is 2.29. The maximum atomic E-state index is 13.2. The second-order valence-corrected chi connectivity index (χ2v) is 7.86. The van der Waals surface area contributed by atoms with Crippen molar-refractivity contribution in [2.45, 2.75) is 20.3 Å². The van der Waals surface area contributed by atoms with Gasteiger partial charge in [-0.15, -0.1) is 0 Å². The third-order valence-electron chi connectivity index (χ3n) is 4.65. The first-order chi connectivity index (χ1) is 14.1. The zero-order valence-corrected chi connectivity index (χ0v) is 18.8. The number of carbonyl (C=O) groups excluding carboxylic acids is 1. The molecule has 4 rings (SSSR count). The molecule has 29 heavy (non-hydrogen) atoms. The first kappa shape index (κ1) is 21.4. The number of hydrogen-bond acceptors (Lipinski definition) is 1. The van der Waals surface area contributed by atoms with Gasteiger partial charge in [0.25, 0.3) is 0 Å². The summed E-state index contributed by atoms with van der Waals surface area (Å²) in [5.74, 6) is 0.288. The fourth-order valence-electron chi connectivity index (χ4n) is 3.27. The van der Waals surface area contributed by atoms with Crippen LogP contribution in [0.2, 0.25) is 0 Å². The Morgan fingerprint density at radius 2 is 1.93 bits per heavy atom. The first-order valence-corrected chi connectivity index (χ1v) is 10.9. The van der Waals surface area contributed by atoms with Crippen molar-refractivity contribution in [2.24, 2.45) is 5.92 Å². The number of halogens is 2. The second kappa shape index (κ2) is 9.91. The summed E-state index contributed by atoms with van der Waals surface area (Å²) < 4.78 is 0.973. The molecule has 0 amide bonds. The lowest BCUT2D eigenvalue weighted by atomic mass is 9.97. The summed E-state index contributed by atoms with van der Waals surface area (Å²) in [4.78, 5) is 16.6. The van der Waals surface area contributed by atoms with E-state index in [0.29, 0.717) is 11.1 Å². The SMILES string of the molecule is CC.O=C(c1ccccc1)c1c(/C=C/C2C=CC(Cl)=CC2)[nH]c2cc(Br)ccc12. The van der Waals surface area contributed by atoms with Gasteiger partial charge in [-0.3, -0.25) is 4.79 Å². The van der Waals surface area contributed by atoms with Gasteiger partial charge in [0.1, 0.15) is 0 Å². The molecule has 148 valence electrons. The molecule has 0 saturated heterocycles. The summed E-state index contributed by atoms with van der Waals surface area (Å²) in [6, 6.07) is 15.3. The topological polar surface area (TPSA) is 32.9 Å². The van der Waals surface area contributed by atoms with E-state index < -0.39 is 0 Å². The van der Waals surface area contributed by atoms with Crippen LogP contribution < -0.4 is 0 Å². The maximum Gasteiger partial charge on any atom is 0.195 e. The molecule has 0 aliphatic heterocycles. The largest absolute Gasteiger partial charge is 0.354 e. The van der Waals surface area contributed by atoms with Crippen molar-refractivity contribution in [3.8, 4) is 0 Å². The van der Waals surface area contributed by atoms with Gasteiger partial charge in [-0.2, -0.15) is 0 Å². The number of benzene rings is 2. The number of aromatic nitrogens is 1. The molecule has 1 heterocycles. The fourth-order valence-corrected chi connectivity index (χ4v) is 3.79. The van der Waals surface area contributed by atoms with Crippen LogP contribution >= 0.6 is 27.5 Å². The average Bonchev–Trinajstić information content (AvgIpc) is 3.12. The van der Waals surface area contributed by atoms with E-state index in [-0.39, 0.29) is 11.7 Å². The predicted octanol–water partition coefficient (Wildman–Crippen LogP) is 7.90. The highest BCUT2D eigenvalue weighted by Gasteiger charge is 2.19. The Balaban J connectivity index is 0.00000117. The van der Waals surface area contributed by atoms with Gasteiger partial charge >= 0.3 is 0 Å². The molecular weight excluding hydrogens is 446 g/mol. The fraction of sp³-hybridized carbons (Fsp3) is 0.160. The van der Waals surface area contributed by atoms with Crippen molar-refractivity contribution in [3.05, 3.63) is 99.2 Å². The monoisotopic (exact) mass is 467 g/mol. The molecule has 2 aromatic carbocycles. The molecule has 0 bridgehead atoms. The standard InChI is InChI=1S/C23H17BrClNO.C2H6/c24-17-9-12-19-21(14-17)26-20(13-8-15-6-10-18(25)11-7-15)22(19)23(27)16-4-2-1-3-5-16;1-2/h1-6,8-15,26H,7H2;1-2H3/b13-8+;. The maximum absolute atomic E-state index is 13.2. The quantitative estimate of drug-likeness (QED) is 0.388. The number of carbonyl (C=O) groups is 1. The van der Waals surface area contributed by atoms with Crippen LogP contribution in [0.25, 0.3) is 17.0 Å². The van der Waals surface area contributed by atoms with Crippen LogP contribution in [0.3, 0.4) is 0 Å². The Bertz CT molecular complexity index is 1090. The molecule has 0 saturated carbocycles. The van der Waals surface area contributed by atoms with Gasteiger partial charge in [0.15, 0.2) is 5.78 Å². The number of H-pyrrole nitrogens is 1. The lowest BCUT2D eigenvalue weighted by Crippen LogP contribution is -2.02. The van der Waals surface area contributed by atoms with Gasteiger partial charge in [-0.05, 0) is 36.6 Å². The summed E-state index contributed by atoms with van der Waals surface area (Å²) in [5, 5.41) is 1.70. The highest BCUT2D eigenvalue weighted by molar-refractivity contribution is 9.10. The van der Waals surface area contributed by atoms with Gasteiger partial charge in [0.05, 0.1) is 11.3 Å².